The lowest BCUT2D eigenvalue weighted by atomic mass is 10.2. The Morgan fingerprint density at radius 1 is 1.19 bits per heavy atom. The molecule has 2 N–H and O–H groups in total. The average Bonchev–Trinajstić information content (AvgIpc) is 2.86. The van der Waals surface area contributed by atoms with Gasteiger partial charge in [-0.15, -0.1) is 0 Å². The molecule has 2 aliphatic heterocycles. The maximum atomic E-state index is 11.0. The zero-order valence-corrected chi connectivity index (χ0v) is 9.51. The third-order valence-corrected chi connectivity index (χ3v) is 3.78. The summed E-state index contributed by atoms with van der Waals surface area (Å²) in [7, 11) is 0. The molecule has 2 fully saturated rings. The minimum absolute atomic E-state index is 0.129. The number of amides is 1. The fraction of sp³-hybridized carbons (Fsp3) is 0.909. The molecule has 16 heavy (non-hydrogen) atoms. The van der Waals surface area contributed by atoms with Crippen LogP contribution in [0.2, 0.25) is 0 Å². The zero-order chi connectivity index (χ0) is 11.5. The number of aliphatic hydroxyl groups excluding tert-OH is 1. The van der Waals surface area contributed by atoms with Crippen LogP contribution in [0.4, 0.5) is 4.79 Å². The van der Waals surface area contributed by atoms with Crippen LogP contribution in [0.5, 0.6) is 0 Å². The standard InChI is InChI=1S/C11H20N2O3/c14-8-10-4-1-5-12(10)7-9-3-2-6-13(9)11(15)16/h9-10,14H,1-8H2,(H,15,16)/t9-,10-/m0/s1. The Balaban J connectivity index is 1.90. The van der Waals surface area contributed by atoms with E-state index < -0.39 is 6.09 Å². The number of likely N-dealkylation sites (tertiary alicyclic amines) is 2. The summed E-state index contributed by atoms with van der Waals surface area (Å²) in [5.74, 6) is 0. The molecule has 0 unspecified atom stereocenters. The zero-order valence-electron chi connectivity index (χ0n) is 9.51. The van der Waals surface area contributed by atoms with Gasteiger partial charge in [-0.2, -0.15) is 0 Å². The fourth-order valence-corrected chi connectivity index (χ4v) is 2.89. The second-order valence-corrected chi connectivity index (χ2v) is 4.75. The minimum atomic E-state index is -0.803. The molecule has 2 aliphatic rings. The molecule has 2 heterocycles. The number of carboxylic acid groups (broad SMARTS) is 1. The number of rotatable bonds is 3. The Hall–Kier alpha value is -0.810. The summed E-state index contributed by atoms with van der Waals surface area (Å²) in [6.45, 7) is 2.64. The minimum Gasteiger partial charge on any atom is -0.465 e. The molecular weight excluding hydrogens is 208 g/mol. The Labute approximate surface area is 95.6 Å². The van der Waals surface area contributed by atoms with Gasteiger partial charge in [0.25, 0.3) is 0 Å². The van der Waals surface area contributed by atoms with E-state index in [9.17, 15) is 9.90 Å². The molecule has 2 atom stereocenters. The predicted octanol–water partition coefficient (Wildman–Crippen LogP) is 0.586. The summed E-state index contributed by atoms with van der Waals surface area (Å²) in [6.07, 6.45) is 3.28. The second kappa shape index (κ2) is 5.01. The van der Waals surface area contributed by atoms with Crippen molar-refractivity contribution in [2.24, 2.45) is 0 Å². The normalized spacial score (nSPS) is 31.2. The molecule has 0 aromatic rings. The van der Waals surface area contributed by atoms with Crippen molar-refractivity contribution in [1.82, 2.24) is 9.80 Å². The summed E-state index contributed by atoms with van der Waals surface area (Å²) >= 11 is 0. The van der Waals surface area contributed by atoms with Crippen molar-refractivity contribution < 1.29 is 15.0 Å². The van der Waals surface area contributed by atoms with Crippen molar-refractivity contribution in [3.8, 4) is 0 Å². The van der Waals surface area contributed by atoms with Crippen molar-refractivity contribution in [2.75, 3.05) is 26.2 Å². The van der Waals surface area contributed by atoms with Gasteiger partial charge in [-0.05, 0) is 32.2 Å². The van der Waals surface area contributed by atoms with Gasteiger partial charge in [0, 0.05) is 25.2 Å². The fourth-order valence-electron chi connectivity index (χ4n) is 2.89. The number of carbonyl (C=O) groups is 1. The SMILES string of the molecule is O=C(O)N1CCC[C@H]1CN1CCC[C@H]1CO. The molecule has 92 valence electrons. The summed E-state index contributed by atoms with van der Waals surface area (Å²) in [4.78, 5) is 14.8. The van der Waals surface area contributed by atoms with E-state index in [1.54, 1.807) is 4.90 Å². The molecule has 0 aliphatic carbocycles. The lowest BCUT2D eigenvalue weighted by Gasteiger charge is -2.29. The maximum absolute atomic E-state index is 11.0. The van der Waals surface area contributed by atoms with Gasteiger partial charge in [-0.3, -0.25) is 4.90 Å². The van der Waals surface area contributed by atoms with E-state index in [4.69, 9.17) is 5.11 Å². The van der Waals surface area contributed by atoms with Gasteiger partial charge in [-0.1, -0.05) is 0 Å². The molecular formula is C11H20N2O3. The largest absolute Gasteiger partial charge is 0.465 e. The van der Waals surface area contributed by atoms with Crippen LogP contribution in [0.1, 0.15) is 25.7 Å². The molecule has 0 bridgehead atoms. The van der Waals surface area contributed by atoms with Gasteiger partial charge >= 0.3 is 6.09 Å². The lowest BCUT2D eigenvalue weighted by molar-refractivity contribution is 0.108. The molecule has 1 amide bonds. The van der Waals surface area contributed by atoms with Crippen molar-refractivity contribution in [2.45, 2.75) is 37.8 Å². The van der Waals surface area contributed by atoms with Crippen LogP contribution in [-0.2, 0) is 0 Å². The van der Waals surface area contributed by atoms with E-state index in [2.05, 4.69) is 4.90 Å². The first-order chi connectivity index (χ1) is 7.72. The third-order valence-electron chi connectivity index (χ3n) is 3.78. The second-order valence-electron chi connectivity index (χ2n) is 4.75. The first-order valence-electron chi connectivity index (χ1n) is 6.07. The van der Waals surface area contributed by atoms with Crippen LogP contribution in [0.3, 0.4) is 0 Å². The quantitative estimate of drug-likeness (QED) is 0.742. The average molecular weight is 228 g/mol. The third kappa shape index (κ3) is 2.30. The summed E-state index contributed by atoms with van der Waals surface area (Å²) in [5.41, 5.74) is 0. The highest BCUT2D eigenvalue weighted by molar-refractivity contribution is 5.65. The van der Waals surface area contributed by atoms with E-state index in [1.807, 2.05) is 0 Å². The highest BCUT2D eigenvalue weighted by atomic mass is 16.4. The maximum Gasteiger partial charge on any atom is 0.407 e. The van der Waals surface area contributed by atoms with E-state index in [-0.39, 0.29) is 18.7 Å². The molecule has 0 radical (unpaired) electrons. The van der Waals surface area contributed by atoms with Crippen molar-refractivity contribution in [3.05, 3.63) is 0 Å². The Morgan fingerprint density at radius 2 is 1.88 bits per heavy atom. The smallest absolute Gasteiger partial charge is 0.407 e. The van der Waals surface area contributed by atoms with Crippen LogP contribution in [-0.4, -0.2) is 64.4 Å². The summed E-state index contributed by atoms with van der Waals surface area (Å²) in [5, 5.41) is 18.3. The van der Waals surface area contributed by atoms with Gasteiger partial charge in [0.15, 0.2) is 0 Å². The van der Waals surface area contributed by atoms with E-state index in [0.29, 0.717) is 6.54 Å². The molecule has 0 saturated carbocycles. The summed E-state index contributed by atoms with van der Waals surface area (Å²) in [6, 6.07) is 0.376. The lowest BCUT2D eigenvalue weighted by Crippen LogP contribution is -2.45. The van der Waals surface area contributed by atoms with Gasteiger partial charge in [-0.25, -0.2) is 4.79 Å². The van der Waals surface area contributed by atoms with Gasteiger partial charge in [0.05, 0.1) is 6.61 Å². The van der Waals surface area contributed by atoms with E-state index in [0.717, 1.165) is 38.8 Å². The topological polar surface area (TPSA) is 64.0 Å². The van der Waals surface area contributed by atoms with Crippen LogP contribution >= 0.6 is 0 Å². The van der Waals surface area contributed by atoms with E-state index >= 15 is 0 Å². The van der Waals surface area contributed by atoms with Crippen molar-refractivity contribution >= 4 is 6.09 Å². The molecule has 2 saturated heterocycles. The Morgan fingerprint density at radius 3 is 2.56 bits per heavy atom. The number of nitrogens with zero attached hydrogens (tertiary/aromatic N) is 2. The van der Waals surface area contributed by atoms with Crippen LogP contribution in [0.15, 0.2) is 0 Å². The number of hydrogen-bond donors (Lipinski definition) is 2. The first kappa shape index (κ1) is 11.7. The first-order valence-corrected chi connectivity index (χ1v) is 6.07. The number of aliphatic hydroxyl groups is 1. The molecule has 5 nitrogen and oxygen atoms in total. The molecule has 0 aromatic heterocycles. The van der Waals surface area contributed by atoms with Crippen LogP contribution < -0.4 is 0 Å². The van der Waals surface area contributed by atoms with Gasteiger partial charge in [0.1, 0.15) is 0 Å². The highest BCUT2D eigenvalue weighted by Gasteiger charge is 2.33. The highest BCUT2D eigenvalue weighted by Crippen LogP contribution is 2.23. The Kier molecular flexibility index (Phi) is 3.66. The van der Waals surface area contributed by atoms with Crippen molar-refractivity contribution in [3.63, 3.8) is 0 Å². The number of hydrogen-bond acceptors (Lipinski definition) is 3. The van der Waals surface area contributed by atoms with E-state index in [1.165, 1.54) is 0 Å². The molecule has 2 rings (SSSR count). The monoisotopic (exact) mass is 228 g/mol. The van der Waals surface area contributed by atoms with Gasteiger partial charge < -0.3 is 15.1 Å². The van der Waals surface area contributed by atoms with Crippen LogP contribution in [0, 0.1) is 0 Å². The molecule has 5 heteroatoms. The van der Waals surface area contributed by atoms with Gasteiger partial charge in [0.2, 0.25) is 0 Å². The summed E-state index contributed by atoms with van der Waals surface area (Å²) < 4.78 is 0. The predicted molar refractivity (Wildman–Crippen MR) is 59.4 cm³/mol. The molecule has 0 spiro atoms. The van der Waals surface area contributed by atoms with Crippen LogP contribution in [0.25, 0.3) is 0 Å². The Bertz CT molecular complexity index is 260. The van der Waals surface area contributed by atoms with Crippen molar-refractivity contribution in [1.29, 1.82) is 0 Å². The molecule has 0 aromatic carbocycles.